The summed E-state index contributed by atoms with van der Waals surface area (Å²) in [6.45, 7) is 2.28. The summed E-state index contributed by atoms with van der Waals surface area (Å²) in [6, 6.07) is 3.62. The smallest absolute Gasteiger partial charge is 0.320 e. The molecule has 3 rings (SSSR count). The minimum atomic E-state index is -0.912. The number of hydrogen-bond donors (Lipinski definition) is 4. The molecule has 0 bridgehead atoms. The molecule has 0 saturated carbocycles. The van der Waals surface area contributed by atoms with Gasteiger partial charge in [0.05, 0.1) is 6.42 Å². The molecule has 1 saturated heterocycles. The molecule has 7 heteroatoms. The second-order valence-corrected chi connectivity index (χ2v) is 5.89. The zero-order valence-electron chi connectivity index (χ0n) is 12.6. The van der Waals surface area contributed by atoms with E-state index in [1.54, 1.807) is 6.07 Å². The summed E-state index contributed by atoms with van der Waals surface area (Å²) in [5.41, 5.74) is 2.38. The standard InChI is InChI=1S/C16H18FN3O3/c1-8-11(12-4-9(17)2-3-13(12)19-8)6-15(21)20-10-5-14(16(22)23)18-7-10/h2-4,10,14,18-19H,5-7H2,1H3,(H,20,21)(H,22,23)/t10-,14-/m0/s1. The number of aliphatic carboxylic acids is 1. The summed E-state index contributed by atoms with van der Waals surface area (Å²) in [5.74, 6) is -1.46. The average Bonchev–Trinajstić information content (AvgIpc) is 3.05. The molecule has 1 aliphatic heterocycles. The molecule has 1 amide bonds. The third-order valence-corrected chi connectivity index (χ3v) is 4.21. The van der Waals surface area contributed by atoms with Crippen molar-refractivity contribution in [2.24, 2.45) is 0 Å². The maximum absolute atomic E-state index is 13.4. The van der Waals surface area contributed by atoms with Gasteiger partial charge < -0.3 is 20.7 Å². The summed E-state index contributed by atoms with van der Waals surface area (Å²) in [6.07, 6.45) is 0.492. The van der Waals surface area contributed by atoms with Gasteiger partial charge in [0.2, 0.25) is 5.91 Å². The molecular formula is C16H18FN3O3. The molecule has 2 atom stereocenters. The normalized spacial score (nSPS) is 20.8. The minimum absolute atomic E-state index is 0.128. The van der Waals surface area contributed by atoms with Crippen molar-refractivity contribution in [1.29, 1.82) is 0 Å². The van der Waals surface area contributed by atoms with E-state index in [9.17, 15) is 14.0 Å². The van der Waals surface area contributed by atoms with Crippen LogP contribution in [0.2, 0.25) is 0 Å². The number of halogens is 1. The highest BCUT2D eigenvalue weighted by Crippen LogP contribution is 2.23. The summed E-state index contributed by atoms with van der Waals surface area (Å²) in [7, 11) is 0. The number of carboxylic acids is 1. The van der Waals surface area contributed by atoms with Crippen molar-refractivity contribution in [2.75, 3.05) is 6.54 Å². The molecule has 2 heterocycles. The van der Waals surface area contributed by atoms with Crippen LogP contribution in [0.25, 0.3) is 10.9 Å². The van der Waals surface area contributed by atoms with E-state index in [2.05, 4.69) is 15.6 Å². The summed E-state index contributed by atoms with van der Waals surface area (Å²) in [4.78, 5) is 26.3. The molecule has 0 aliphatic carbocycles. The number of nitrogens with one attached hydrogen (secondary N) is 3. The Hall–Kier alpha value is -2.41. The molecule has 1 aromatic heterocycles. The van der Waals surface area contributed by atoms with Gasteiger partial charge in [0.1, 0.15) is 11.9 Å². The predicted octanol–water partition coefficient (Wildman–Crippen LogP) is 1.09. The number of benzene rings is 1. The monoisotopic (exact) mass is 319 g/mol. The number of carbonyl (C=O) groups is 2. The predicted molar refractivity (Wildman–Crippen MR) is 82.7 cm³/mol. The van der Waals surface area contributed by atoms with E-state index in [0.29, 0.717) is 18.4 Å². The van der Waals surface area contributed by atoms with Gasteiger partial charge in [-0.2, -0.15) is 0 Å². The summed E-state index contributed by atoms with van der Waals surface area (Å²) >= 11 is 0. The molecule has 1 fully saturated rings. The first-order chi connectivity index (χ1) is 10.9. The number of fused-ring (bicyclic) bond motifs is 1. The van der Waals surface area contributed by atoms with Crippen LogP contribution in [0, 0.1) is 12.7 Å². The molecule has 0 unspecified atom stereocenters. The third-order valence-electron chi connectivity index (χ3n) is 4.21. The van der Waals surface area contributed by atoms with E-state index in [-0.39, 0.29) is 24.2 Å². The highest BCUT2D eigenvalue weighted by Gasteiger charge is 2.30. The maximum atomic E-state index is 13.4. The van der Waals surface area contributed by atoms with Crippen LogP contribution < -0.4 is 10.6 Å². The van der Waals surface area contributed by atoms with Crippen molar-refractivity contribution in [3.05, 3.63) is 35.3 Å². The van der Waals surface area contributed by atoms with Crippen LogP contribution in [-0.4, -0.2) is 40.6 Å². The van der Waals surface area contributed by atoms with Crippen molar-refractivity contribution in [3.8, 4) is 0 Å². The van der Waals surface area contributed by atoms with Crippen LogP contribution >= 0.6 is 0 Å². The van der Waals surface area contributed by atoms with Crippen LogP contribution in [-0.2, 0) is 16.0 Å². The fourth-order valence-electron chi connectivity index (χ4n) is 3.06. The number of H-pyrrole nitrogens is 1. The average molecular weight is 319 g/mol. The quantitative estimate of drug-likeness (QED) is 0.678. The fourth-order valence-corrected chi connectivity index (χ4v) is 3.06. The molecule has 4 N–H and O–H groups in total. The molecule has 0 spiro atoms. The lowest BCUT2D eigenvalue weighted by Gasteiger charge is -2.11. The first kappa shape index (κ1) is 15.5. The van der Waals surface area contributed by atoms with Gasteiger partial charge >= 0.3 is 5.97 Å². The lowest BCUT2D eigenvalue weighted by Crippen LogP contribution is -2.37. The van der Waals surface area contributed by atoms with E-state index in [0.717, 1.165) is 16.8 Å². The van der Waals surface area contributed by atoms with Gasteiger partial charge in [0, 0.05) is 29.2 Å². The number of aromatic nitrogens is 1. The number of carboxylic acid groups (broad SMARTS) is 1. The summed E-state index contributed by atoms with van der Waals surface area (Å²) < 4.78 is 13.4. The zero-order chi connectivity index (χ0) is 16.6. The number of hydrogen-bond acceptors (Lipinski definition) is 3. The SMILES string of the molecule is Cc1[nH]c2ccc(F)cc2c1CC(=O)N[C@@H]1CN[C@H](C(=O)O)C1. The molecule has 122 valence electrons. The maximum Gasteiger partial charge on any atom is 0.320 e. The third kappa shape index (κ3) is 3.19. The van der Waals surface area contributed by atoms with Crippen molar-refractivity contribution in [2.45, 2.75) is 31.8 Å². The highest BCUT2D eigenvalue weighted by molar-refractivity contribution is 5.90. The van der Waals surface area contributed by atoms with Gasteiger partial charge in [0.25, 0.3) is 0 Å². The van der Waals surface area contributed by atoms with Crippen molar-refractivity contribution >= 4 is 22.8 Å². The molecular weight excluding hydrogens is 301 g/mol. The van der Waals surface area contributed by atoms with Gasteiger partial charge in [-0.25, -0.2) is 4.39 Å². The lowest BCUT2D eigenvalue weighted by atomic mass is 10.1. The van der Waals surface area contributed by atoms with E-state index in [1.807, 2.05) is 6.92 Å². The lowest BCUT2D eigenvalue weighted by molar-refractivity contribution is -0.139. The number of aromatic amines is 1. The zero-order valence-corrected chi connectivity index (χ0v) is 12.6. The number of rotatable bonds is 4. The Labute approximate surface area is 132 Å². The van der Waals surface area contributed by atoms with Crippen LogP contribution in [0.15, 0.2) is 18.2 Å². The van der Waals surface area contributed by atoms with Gasteiger partial charge in [0.15, 0.2) is 0 Å². The van der Waals surface area contributed by atoms with Crippen molar-refractivity contribution in [1.82, 2.24) is 15.6 Å². The molecule has 23 heavy (non-hydrogen) atoms. The fraction of sp³-hybridized carbons (Fsp3) is 0.375. The molecule has 0 radical (unpaired) electrons. The second kappa shape index (κ2) is 6.00. The Morgan fingerprint density at radius 2 is 2.22 bits per heavy atom. The van der Waals surface area contributed by atoms with E-state index in [4.69, 9.17) is 5.11 Å². The first-order valence-electron chi connectivity index (χ1n) is 7.46. The van der Waals surface area contributed by atoms with Gasteiger partial charge in [-0.1, -0.05) is 0 Å². The van der Waals surface area contributed by atoms with Crippen LogP contribution in [0.1, 0.15) is 17.7 Å². The Balaban J connectivity index is 1.70. The van der Waals surface area contributed by atoms with E-state index < -0.39 is 12.0 Å². The number of carbonyl (C=O) groups excluding carboxylic acids is 1. The molecule has 2 aromatic rings. The summed E-state index contributed by atoms with van der Waals surface area (Å²) in [5, 5.41) is 15.3. The molecule has 1 aliphatic rings. The Morgan fingerprint density at radius 3 is 2.91 bits per heavy atom. The Kier molecular flexibility index (Phi) is 4.04. The first-order valence-corrected chi connectivity index (χ1v) is 7.46. The molecule has 1 aromatic carbocycles. The van der Waals surface area contributed by atoms with Crippen LogP contribution in [0.4, 0.5) is 4.39 Å². The van der Waals surface area contributed by atoms with Crippen molar-refractivity contribution in [3.63, 3.8) is 0 Å². The van der Waals surface area contributed by atoms with Gasteiger partial charge in [-0.05, 0) is 37.1 Å². The minimum Gasteiger partial charge on any atom is -0.480 e. The van der Waals surface area contributed by atoms with Crippen LogP contribution in [0.3, 0.4) is 0 Å². The Bertz CT molecular complexity index is 771. The molecule has 6 nitrogen and oxygen atoms in total. The Morgan fingerprint density at radius 1 is 1.43 bits per heavy atom. The van der Waals surface area contributed by atoms with Crippen molar-refractivity contribution < 1.29 is 19.1 Å². The largest absolute Gasteiger partial charge is 0.480 e. The van der Waals surface area contributed by atoms with Gasteiger partial charge in [-0.3, -0.25) is 9.59 Å². The second-order valence-electron chi connectivity index (χ2n) is 5.89. The van der Waals surface area contributed by atoms with Crippen LogP contribution in [0.5, 0.6) is 0 Å². The highest BCUT2D eigenvalue weighted by atomic mass is 19.1. The van der Waals surface area contributed by atoms with E-state index in [1.165, 1.54) is 12.1 Å². The number of aryl methyl sites for hydroxylation is 1. The topological polar surface area (TPSA) is 94.2 Å². The van der Waals surface area contributed by atoms with E-state index >= 15 is 0 Å². The van der Waals surface area contributed by atoms with Gasteiger partial charge in [-0.15, -0.1) is 0 Å². The number of amides is 1.